The van der Waals surface area contributed by atoms with Crippen molar-refractivity contribution in [3.05, 3.63) is 39.2 Å². The normalized spacial score (nSPS) is 10.6. The van der Waals surface area contributed by atoms with Crippen molar-refractivity contribution in [1.29, 1.82) is 0 Å². The van der Waals surface area contributed by atoms with Crippen LogP contribution in [-0.2, 0) is 13.0 Å². The van der Waals surface area contributed by atoms with Crippen molar-refractivity contribution in [3.63, 3.8) is 0 Å². The molecule has 0 bridgehead atoms. The predicted molar refractivity (Wildman–Crippen MR) is 74.1 cm³/mol. The summed E-state index contributed by atoms with van der Waals surface area (Å²) in [5.41, 5.74) is 0.364. The Hall–Kier alpha value is -1.67. The molecule has 0 saturated heterocycles. The summed E-state index contributed by atoms with van der Waals surface area (Å²) < 4.78 is 1.62. The van der Waals surface area contributed by atoms with Crippen molar-refractivity contribution >= 4 is 21.6 Å². The van der Waals surface area contributed by atoms with E-state index in [1.165, 1.54) is 4.68 Å². The summed E-state index contributed by atoms with van der Waals surface area (Å²) >= 11 is 3.24. The molecule has 0 unspecified atom stereocenters. The quantitative estimate of drug-likeness (QED) is 0.712. The van der Waals surface area contributed by atoms with Gasteiger partial charge in [0.2, 0.25) is 0 Å². The number of nitrogens with one attached hydrogen (secondary N) is 2. The van der Waals surface area contributed by atoms with Crippen LogP contribution in [-0.4, -0.2) is 38.0 Å². The lowest BCUT2D eigenvalue weighted by Crippen LogP contribution is -2.26. The van der Waals surface area contributed by atoms with Crippen LogP contribution >= 0.6 is 15.9 Å². The topological polar surface area (TPSA) is 95.8 Å². The van der Waals surface area contributed by atoms with Gasteiger partial charge in [-0.25, -0.2) is 9.67 Å². The molecule has 2 heterocycles. The molecule has 0 radical (unpaired) electrons. The molecule has 8 heteroatoms. The van der Waals surface area contributed by atoms with E-state index >= 15 is 0 Å². The Morgan fingerprint density at radius 2 is 2.37 bits per heavy atom. The average Bonchev–Trinajstić information content (AvgIpc) is 2.91. The van der Waals surface area contributed by atoms with E-state index in [-0.39, 0.29) is 18.7 Å². The van der Waals surface area contributed by atoms with Crippen LogP contribution in [0.1, 0.15) is 5.82 Å². The summed E-state index contributed by atoms with van der Waals surface area (Å²) in [6.07, 6.45) is 5.74. The monoisotopic (exact) mass is 327 g/mol. The van der Waals surface area contributed by atoms with Crippen molar-refractivity contribution in [1.82, 2.24) is 19.7 Å². The van der Waals surface area contributed by atoms with Crippen LogP contribution in [0.25, 0.3) is 0 Å². The van der Waals surface area contributed by atoms with Crippen LogP contribution in [0.15, 0.2) is 27.9 Å². The number of halogens is 1. The van der Waals surface area contributed by atoms with Gasteiger partial charge in [-0.05, 0) is 15.9 Å². The number of aromatic amines is 1. The van der Waals surface area contributed by atoms with Crippen molar-refractivity contribution in [3.8, 4) is 0 Å². The smallest absolute Gasteiger partial charge is 0.283 e. The maximum atomic E-state index is 11.9. The molecule has 0 aliphatic rings. The highest BCUT2D eigenvalue weighted by atomic mass is 79.9. The van der Waals surface area contributed by atoms with E-state index in [9.17, 15) is 4.79 Å². The molecule has 0 fully saturated rings. The van der Waals surface area contributed by atoms with Crippen LogP contribution in [0.2, 0.25) is 0 Å². The summed E-state index contributed by atoms with van der Waals surface area (Å²) in [6, 6.07) is 0. The van der Waals surface area contributed by atoms with Crippen molar-refractivity contribution in [2.24, 2.45) is 0 Å². The molecular formula is C11H14BrN5O2. The van der Waals surface area contributed by atoms with Crippen LogP contribution in [0.5, 0.6) is 0 Å². The van der Waals surface area contributed by atoms with Crippen molar-refractivity contribution < 1.29 is 5.11 Å². The predicted octanol–water partition coefficient (Wildman–Crippen LogP) is 0.376. The van der Waals surface area contributed by atoms with Crippen LogP contribution in [0.3, 0.4) is 0 Å². The van der Waals surface area contributed by atoms with E-state index in [1.54, 1.807) is 18.6 Å². The second-order valence-corrected chi connectivity index (χ2v) is 4.63. The molecule has 0 spiro atoms. The van der Waals surface area contributed by atoms with E-state index in [0.29, 0.717) is 16.7 Å². The summed E-state index contributed by atoms with van der Waals surface area (Å²) in [5.74, 6) is 0.880. The number of anilines is 1. The molecule has 102 valence electrons. The van der Waals surface area contributed by atoms with E-state index in [4.69, 9.17) is 5.11 Å². The zero-order valence-electron chi connectivity index (χ0n) is 10.1. The number of hydrogen-bond acceptors (Lipinski definition) is 5. The Morgan fingerprint density at radius 3 is 3.05 bits per heavy atom. The van der Waals surface area contributed by atoms with Gasteiger partial charge in [0.05, 0.1) is 25.0 Å². The van der Waals surface area contributed by atoms with E-state index in [0.717, 1.165) is 12.2 Å². The van der Waals surface area contributed by atoms with Gasteiger partial charge in [-0.3, -0.25) is 4.79 Å². The number of nitrogens with zero attached hydrogens (tertiary/aromatic N) is 3. The van der Waals surface area contributed by atoms with Gasteiger partial charge in [0.1, 0.15) is 10.3 Å². The van der Waals surface area contributed by atoms with Crippen LogP contribution in [0, 0.1) is 0 Å². The second-order valence-electron chi connectivity index (χ2n) is 3.84. The highest BCUT2D eigenvalue weighted by Crippen LogP contribution is 2.15. The molecule has 2 rings (SSSR count). The molecule has 0 atom stereocenters. The van der Waals surface area contributed by atoms with Crippen molar-refractivity contribution in [2.75, 3.05) is 18.5 Å². The van der Waals surface area contributed by atoms with E-state index in [2.05, 4.69) is 36.3 Å². The summed E-state index contributed by atoms with van der Waals surface area (Å²) in [4.78, 5) is 19.0. The first-order valence-electron chi connectivity index (χ1n) is 5.81. The molecule has 2 aromatic heterocycles. The zero-order chi connectivity index (χ0) is 13.7. The fraction of sp³-hybridized carbons (Fsp3) is 0.364. The van der Waals surface area contributed by atoms with Crippen LogP contribution < -0.4 is 10.9 Å². The number of hydrogen-bond donors (Lipinski definition) is 3. The molecule has 0 saturated carbocycles. The third-order valence-electron chi connectivity index (χ3n) is 2.53. The first-order chi connectivity index (χ1) is 9.22. The van der Waals surface area contributed by atoms with E-state index < -0.39 is 0 Å². The van der Waals surface area contributed by atoms with Gasteiger partial charge in [0, 0.05) is 25.4 Å². The summed E-state index contributed by atoms with van der Waals surface area (Å²) in [7, 11) is 0. The Labute approximate surface area is 117 Å². The molecule has 19 heavy (non-hydrogen) atoms. The SMILES string of the molecule is O=c1c(Br)c(NCCc2ncc[nH]2)cnn1CCO. The largest absolute Gasteiger partial charge is 0.394 e. The lowest BCUT2D eigenvalue weighted by Gasteiger charge is -2.09. The molecule has 2 aromatic rings. The van der Waals surface area contributed by atoms with E-state index in [1.807, 2.05) is 0 Å². The maximum absolute atomic E-state index is 11.9. The maximum Gasteiger partial charge on any atom is 0.283 e. The van der Waals surface area contributed by atoms with Gasteiger partial charge in [-0.15, -0.1) is 0 Å². The zero-order valence-corrected chi connectivity index (χ0v) is 11.7. The van der Waals surface area contributed by atoms with Crippen molar-refractivity contribution in [2.45, 2.75) is 13.0 Å². The Morgan fingerprint density at radius 1 is 1.53 bits per heavy atom. The number of aromatic nitrogens is 4. The summed E-state index contributed by atoms with van der Waals surface area (Å²) in [6.45, 7) is 0.700. The third kappa shape index (κ3) is 3.42. The molecule has 0 aromatic carbocycles. The molecule has 0 aliphatic heterocycles. The van der Waals surface area contributed by atoms with Gasteiger partial charge in [0.25, 0.3) is 5.56 Å². The van der Waals surface area contributed by atoms with Crippen LogP contribution in [0.4, 0.5) is 5.69 Å². The van der Waals surface area contributed by atoms with Gasteiger partial charge >= 0.3 is 0 Å². The number of H-pyrrole nitrogens is 1. The van der Waals surface area contributed by atoms with Gasteiger partial charge in [0.15, 0.2) is 0 Å². The number of aliphatic hydroxyl groups excluding tert-OH is 1. The highest BCUT2D eigenvalue weighted by molar-refractivity contribution is 9.10. The molecule has 0 amide bonds. The first kappa shape index (κ1) is 13.8. The average molecular weight is 328 g/mol. The molecule has 3 N–H and O–H groups in total. The minimum Gasteiger partial charge on any atom is -0.394 e. The van der Waals surface area contributed by atoms with Gasteiger partial charge < -0.3 is 15.4 Å². The third-order valence-corrected chi connectivity index (χ3v) is 3.30. The number of aliphatic hydroxyl groups is 1. The lowest BCUT2D eigenvalue weighted by molar-refractivity contribution is 0.266. The fourth-order valence-electron chi connectivity index (χ4n) is 1.59. The second kappa shape index (κ2) is 6.48. The molecular weight excluding hydrogens is 314 g/mol. The fourth-order valence-corrected chi connectivity index (χ4v) is 2.04. The Bertz CT molecular complexity index is 581. The highest BCUT2D eigenvalue weighted by Gasteiger charge is 2.08. The number of imidazole rings is 1. The number of rotatable bonds is 6. The minimum absolute atomic E-state index is 0.120. The van der Waals surface area contributed by atoms with Gasteiger partial charge in [-0.1, -0.05) is 0 Å². The lowest BCUT2D eigenvalue weighted by atomic mass is 10.4. The Kier molecular flexibility index (Phi) is 4.69. The van der Waals surface area contributed by atoms with Gasteiger partial charge in [-0.2, -0.15) is 5.10 Å². The Balaban J connectivity index is 2.01. The standard InChI is InChI=1S/C11H14BrN5O2/c12-10-8(7-16-17(5-6-18)11(10)19)13-2-1-9-14-3-4-15-9/h3-4,7,13,18H,1-2,5-6H2,(H,14,15). The molecule has 0 aliphatic carbocycles. The minimum atomic E-state index is -0.267. The first-order valence-corrected chi connectivity index (χ1v) is 6.60. The molecule has 7 nitrogen and oxygen atoms in total. The summed E-state index contributed by atoms with van der Waals surface area (Å²) in [5, 5.41) is 15.9.